The molecule has 0 amide bonds. The van der Waals surface area contributed by atoms with Crippen LogP contribution in [0.3, 0.4) is 0 Å². The van der Waals surface area contributed by atoms with E-state index in [9.17, 15) is 14.4 Å². The van der Waals surface area contributed by atoms with E-state index in [0.717, 1.165) is 63.7 Å². The molecule has 0 bridgehead atoms. The lowest BCUT2D eigenvalue weighted by Gasteiger charge is -2.18. The molecule has 0 aliphatic heterocycles. The summed E-state index contributed by atoms with van der Waals surface area (Å²) < 4.78 is 16.7. The minimum atomic E-state index is -0.758. The third kappa shape index (κ3) is 41.6. The highest BCUT2D eigenvalue weighted by Crippen LogP contribution is 2.16. The molecule has 0 aliphatic carbocycles. The predicted molar refractivity (Wildman–Crippen MR) is 229 cm³/mol. The lowest BCUT2D eigenvalue weighted by Crippen LogP contribution is -2.30. The quantitative estimate of drug-likeness (QED) is 0.0349. The van der Waals surface area contributed by atoms with E-state index in [1.165, 1.54) is 161 Å². The average Bonchev–Trinajstić information content (AvgIpc) is 3.15. The zero-order valence-corrected chi connectivity index (χ0v) is 36.7. The van der Waals surface area contributed by atoms with Crippen LogP contribution in [0.1, 0.15) is 265 Å². The van der Waals surface area contributed by atoms with E-state index in [-0.39, 0.29) is 31.1 Å². The van der Waals surface area contributed by atoms with Crippen molar-refractivity contribution in [1.29, 1.82) is 0 Å². The number of ether oxygens (including phenoxy) is 3. The van der Waals surface area contributed by atoms with Crippen molar-refractivity contribution in [1.82, 2.24) is 0 Å². The normalized spacial score (nSPS) is 11.9. The Morgan fingerprint density at radius 3 is 0.907 bits per heavy atom. The summed E-state index contributed by atoms with van der Waals surface area (Å²) >= 11 is 0. The van der Waals surface area contributed by atoms with E-state index in [0.29, 0.717) is 19.3 Å². The molecule has 0 aromatic rings. The Morgan fingerprint density at radius 2 is 0.611 bits per heavy atom. The van der Waals surface area contributed by atoms with Gasteiger partial charge in [0.2, 0.25) is 0 Å². The first kappa shape index (κ1) is 52.4. The molecule has 0 aromatic carbocycles. The van der Waals surface area contributed by atoms with Gasteiger partial charge in [-0.3, -0.25) is 14.4 Å². The Bertz CT molecular complexity index is 811. The van der Waals surface area contributed by atoms with E-state index in [2.05, 4.69) is 27.7 Å². The van der Waals surface area contributed by atoms with Gasteiger partial charge >= 0.3 is 17.9 Å². The van der Waals surface area contributed by atoms with Crippen LogP contribution in [0.15, 0.2) is 0 Å². The van der Waals surface area contributed by atoms with Crippen LogP contribution in [0, 0.1) is 5.92 Å². The number of unbranched alkanes of at least 4 members (excludes halogenated alkanes) is 30. The van der Waals surface area contributed by atoms with Crippen LogP contribution < -0.4 is 0 Å². The standard InChI is InChI=1S/C48H92O6/c1-5-7-9-11-13-15-23-27-31-35-39-46(49)52-42-45(54-48(51)41-37-33-29-24-16-14-12-10-8-6-2)43-53-47(50)40-36-32-28-25-21-19-17-18-20-22-26-30-34-38-44(3)4/h44-45H,5-43H2,1-4H3/t45-/m1/s1. The molecule has 0 fully saturated rings. The summed E-state index contributed by atoms with van der Waals surface area (Å²) in [5.41, 5.74) is 0. The Morgan fingerprint density at radius 1 is 0.352 bits per heavy atom. The van der Waals surface area contributed by atoms with Crippen LogP contribution in [-0.4, -0.2) is 37.2 Å². The summed E-state index contributed by atoms with van der Waals surface area (Å²) in [5.74, 6) is -0.0132. The Labute approximate surface area is 336 Å². The summed E-state index contributed by atoms with van der Waals surface area (Å²) in [5, 5.41) is 0. The summed E-state index contributed by atoms with van der Waals surface area (Å²) in [7, 11) is 0. The van der Waals surface area contributed by atoms with Gasteiger partial charge in [-0.2, -0.15) is 0 Å². The lowest BCUT2D eigenvalue weighted by molar-refractivity contribution is -0.167. The van der Waals surface area contributed by atoms with Gasteiger partial charge in [0.15, 0.2) is 6.10 Å². The molecular formula is C48H92O6. The van der Waals surface area contributed by atoms with E-state index in [4.69, 9.17) is 14.2 Å². The van der Waals surface area contributed by atoms with Crippen molar-refractivity contribution in [2.75, 3.05) is 13.2 Å². The molecule has 320 valence electrons. The van der Waals surface area contributed by atoms with Crippen molar-refractivity contribution in [3.8, 4) is 0 Å². The van der Waals surface area contributed by atoms with Crippen LogP contribution in [0.5, 0.6) is 0 Å². The molecule has 0 N–H and O–H groups in total. The zero-order valence-electron chi connectivity index (χ0n) is 36.7. The number of esters is 3. The number of carbonyl (C=O) groups excluding carboxylic acids is 3. The Kier molecular flexibility index (Phi) is 41.3. The molecule has 0 aromatic heterocycles. The first-order valence-corrected chi connectivity index (χ1v) is 23.9. The van der Waals surface area contributed by atoms with Crippen LogP contribution in [0.25, 0.3) is 0 Å². The van der Waals surface area contributed by atoms with Crippen LogP contribution in [-0.2, 0) is 28.6 Å². The van der Waals surface area contributed by atoms with Crippen LogP contribution in [0.4, 0.5) is 0 Å². The Hall–Kier alpha value is -1.59. The first-order valence-electron chi connectivity index (χ1n) is 23.9. The maximum Gasteiger partial charge on any atom is 0.306 e. The van der Waals surface area contributed by atoms with Gasteiger partial charge in [-0.05, 0) is 25.2 Å². The lowest BCUT2D eigenvalue weighted by atomic mass is 10.0. The van der Waals surface area contributed by atoms with E-state index in [1.807, 2.05) is 0 Å². The zero-order chi connectivity index (χ0) is 39.6. The van der Waals surface area contributed by atoms with Gasteiger partial charge in [-0.1, -0.05) is 227 Å². The third-order valence-corrected chi connectivity index (χ3v) is 10.8. The van der Waals surface area contributed by atoms with Crippen LogP contribution >= 0.6 is 0 Å². The summed E-state index contributed by atoms with van der Waals surface area (Å²) in [6, 6.07) is 0. The van der Waals surface area contributed by atoms with Gasteiger partial charge in [0.1, 0.15) is 13.2 Å². The second kappa shape index (κ2) is 42.6. The SMILES string of the molecule is CCCCCCCCCCCCC(=O)OC[C@H](COC(=O)CCCCCCCCCCCCCCCC(C)C)OC(=O)CCCCCCCCCCCC. The van der Waals surface area contributed by atoms with Gasteiger partial charge in [0, 0.05) is 19.3 Å². The van der Waals surface area contributed by atoms with Crippen molar-refractivity contribution in [3.05, 3.63) is 0 Å². The van der Waals surface area contributed by atoms with Crippen molar-refractivity contribution >= 4 is 17.9 Å². The number of hydrogen-bond donors (Lipinski definition) is 0. The highest BCUT2D eigenvalue weighted by molar-refractivity contribution is 5.71. The largest absolute Gasteiger partial charge is 0.462 e. The molecule has 0 unspecified atom stereocenters. The minimum absolute atomic E-state index is 0.0634. The predicted octanol–water partition coefficient (Wildman–Crippen LogP) is 15.1. The van der Waals surface area contributed by atoms with E-state index >= 15 is 0 Å². The fourth-order valence-corrected chi connectivity index (χ4v) is 7.16. The maximum absolute atomic E-state index is 12.7. The first-order chi connectivity index (χ1) is 26.4. The van der Waals surface area contributed by atoms with Crippen molar-refractivity contribution in [3.63, 3.8) is 0 Å². The molecule has 0 saturated heterocycles. The van der Waals surface area contributed by atoms with Crippen LogP contribution in [0.2, 0.25) is 0 Å². The molecule has 6 nitrogen and oxygen atoms in total. The number of carbonyl (C=O) groups is 3. The maximum atomic E-state index is 12.7. The van der Waals surface area contributed by atoms with Gasteiger partial charge in [0.05, 0.1) is 0 Å². The molecule has 0 spiro atoms. The van der Waals surface area contributed by atoms with Gasteiger partial charge in [-0.15, -0.1) is 0 Å². The second-order valence-electron chi connectivity index (χ2n) is 16.9. The number of hydrogen-bond acceptors (Lipinski definition) is 6. The minimum Gasteiger partial charge on any atom is -0.462 e. The molecule has 0 rings (SSSR count). The van der Waals surface area contributed by atoms with E-state index < -0.39 is 6.10 Å². The molecule has 0 aliphatic rings. The van der Waals surface area contributed by atoms with E-state index in [1.54, 1.807) is 0 Å². The average molecular weight is 765 g/mol. The van der Waals surface area contributed by atoms with Gasteiger partial charge in [0.25, 0.3) is 0 Å². The summed E-state index contributed by atoms with van der Waals surface area (Å²) in [4.78, 5) is 37.7. The summed E-state index contributed by atoms with van der Waals surface area (Å²) in [6.07, 6.45) is 42.3. The monoisotopic (exact) mass is 765 g/mol. The van der Waals surface area contributed by atoms with Crippen molar-refractivity contribution < 1.29 is 28.6 Å². The third-order valence-electron chi connectivity index (χ3n) is 10.8. The molecule has 54 heavy (non-hydrogen) atoms. The fraction of sp³-hybridized carbons (Fsp3) is 0.938. The van der Waals surface area contributed by atoms with Crippen molar-refractivity contribution in [2.45, 2.75) is 271 Å². The number of rotatable bonds is 43. The van der Waals surface area contributed by atoms with Gasteiger partial charge < -0.3 is 14.2 Å². The smallest absolute Gasteiger partial charge is 0.306 e. The molecule has 1 atom stereocenters. The summed E-state index contributed by atoms with van der Waals surface area (Å²) in [6.45, 7) is 8.99. The topological polar surface area (TPSA) is 78.9 Å². The molecule has 6 heteroatoms. The van der Waals surface area contributed by atoms with Crippen molar-refractivity contribution in [2.24, 2.45) is 5.92 Å². The molecule has 0 radical (unpaired) electrons. The molecule has 0 heterocycles. The highest BCUT2D eigenvalue weighted by Gasteiger charge is 2.19. The molecular weight excluding hydrogens is 673 g/mol. The van der Waals surface area contributed by atoms with Gasteiger partial charge in [-0.25, -0.2) is 0 Å². The molecule has 0 saturated carbocycles. The highest BCUT2D eigenvalue weighted by atomic mass is 16.6. The second-order valence-corrected chi connectivity index (χ2v) is 16.9. The Balaban J connectivity index is 4.26. The fourth-order valence-electron chi connectivity index (χ4n) is 7.16.